The minimum Gasteiger partial charge on any atom is -0.339 e. The number of nitrogens with one attached hydrogen (secondary N) is 1. The summed E-state index contributed by atoms with van der Waals surface area (Å²) >= 11 is 0. The van der Waals surface area contributed by atoms with Gasteiger partial charge in [0.05, 0.1) is 11.5 Å². The summed E-state index contributed by atoms with van der Waals surface area (Å²) in [4.78, 5) is 4.31. The van der Waals surface area contributed by atoms with Crippen molar-refractivity contribution in [3.63, 3.8) is 0 Å². The van der Waals surface area contributed by atoms with Crippen LogP contribution in [-0.2, 0) is 16.3 Å². The van der Waals surface area contributed by atoms with E-state index in [1.54, 1.807) is 0 Å². The fraction of sp³-hybridized carbons (Fsp3) is 0.800. The van der Waals surface area contributed by atoms with Gasteiger partial charge in [0, 0.05) is 18.9 Å². The molecule has 1 fully saturated rings. The molecular weight excluding hydrogens is 242 g/mol. The molecule has 96 valence electrons. The molecule has 17 heavy (non-hydrogen) atoms. The van der Waals surface area contributed by atoms with Gasteiger partial charge in [-0.05, 0) is 19.9 Å². The third-order valence-electron chi connectivity index (χ3n) is 2.99. The van der Waals surface area contributed by atoms with Crippen molar-refractivity contribution in [2.75, 3.05) is 25.1 Å². The Labute approximate surface area is 101 Å². The summed E-state index contributed by atoms with van der Waals surface area (Å²) in [6.45, 7) is 0.792. The Bertz CT molecular complexity index is 455. The van der Waals surface area contributed by atoms with Crippen molar-refractivity contribution in [2.24, 2.45) is 0 Å². The summed E-state index contributed by atoms with van der Waals surface area (Å²) in [5, 5.41) is 6.94. The van der Waals surface area contributed by atoms with Crippen LogP contribution in [0.4, 0.5) is 0 Å². The van der Waals surface area contributed by atoms with Crippen LogP contribution in [0.3, 0.4) is 0 Å². The van der Waals surface area contributed by atoms with Crippen molar-refractivity contribution < 1.29 is 12.9 Å². The van der Waals surface area contributed by atoms with Crippen LogP contribution in [-0.4, -0.2) is 43.7 Å². The average Bonchev–Trinajstić information content (AvgIpc) is 2.75. The van der Waals surface area contributed by atoms with Crippen LogP contribution in [0.2, 0.25) is 0 Å². The van der Waals surface area contributed by atoms with E-state index in [1.165, 1.54) is 0 Å². The standard InChI is InChI=1S/C10H17N3O3S/c1-11-5-2-9-12-10(13-16-9)8-3-6-17(14,15)7-4-8/h8,11H,2-7H2,1H3. The summed E-state index contributed by atoms with van der Waals surface area (Å²) in [6, 6.07) is 0. The predicted molar refractivity (Wildman–Crippen MR) is 62.6 cm³/mol. The number of hydrogen-bond donors (Lipinski definition) is 1. The van der Waals surface area contributed by atoms with Gasteiger partial charge in [-0.15, -0.1) is 0 Å². The van der Waals surface area contributed by atoms with E-state index in [9.17, 15) is 8.42 Å². The fourth-order valence-electron chi connectivity index (χ4n) is 1.92. The van der Waals surface area contributed by atoms with Gasteiger partial charge in [-0.2, -0.15) is 4.98 Å². The quantitative estimate of drug-likeness (QED) is 0.827. The highest BCUT2D eigenvalue weighted by atomic mass is 32.2. The topological polar surface area (TPSA) is 85.1 Å². The summed E-state index contributed by atoms with van der Waals surface area (Å²) in [5.41, 5.74) is 0. The number of sulfone groups is 1. The molecule has 1 aliphatic heterocycles. The van der Waals surface area contributed by atoms with Crippen LogP contribution in [0.1, 0.15) is 30.5 Å². The van der Waals surface area contributed by atoms with Crippen LogP contribution in [0, 0.1) is 0 Å². The normalized spacial score (nSPS) is 20.5. The number of aromatic nitrogens is 2. The van der Waals surface area contributed by atoms with Crippen molar-refractivity contribution in [3.05, 3.63) is 11.7 Å². The van der Waals surface area contributed by atoms with E-state index in [0.29, 0.717) is 31.0 Å². The van der Waals surface area contributed by atoms with Crippen LogP contribution in [0.15, 0.2) is 4.52 Å². The predicted octanol–water partition coefficient (Wildman–Crippen LogP) is 0.124. The molecule has 0 aliphatic carbocycles. The Hall–Kier alpha value is -0.950. The molecular formula is C10H17N3O3S. The third kappa shape index (κ3) is 3.26. The van der Waals surface area contributed by atoms with Crippen LogP contribution >= 0.6 is 0 Å². The lowest BCUT2D eigenvalue weighted by Gasteiger charge is -2.18. The summed E-state index contributed by atoms with van der Waals surface area (Å²) in [6.07, 6.45) is 1.91. The largest absolute Gasteiger partial charge is 0.339 e. The highest BCUT2D eigenvalue weighted by Gasteiger charge is 2.27. The van der Waals surface area contributed by atoms with Crippen molar-refractivity contribution in [2.45, 2.75) is 25.2 Å². The fourth-order valence-corrected chi connectivity index (χ4v) is 3.41. The average molecular weight is 259 g/mol. The first-order valence-corrected chi connectivity index (χ1v) is 7.60. The zero-order valence-electron chi connectivity index (χ0n) is 9.85. The van der Waals surface area contributed by atoms with Crippen molar-refractivity contribution in [1.29, 1.82) is 0 Å². The lowest BCUT2D eigenvalue weighted by Crippen LogP contribution is -2.22. The first-order valence-electron chi connectivity index (χ1n) is 5.78. The number of hydrogen-bond acceptors (Lipinski definition) is 6. The van der Waals surface area contributed by atoms with E-state index in [0.717, 1.165) is 6.54 Å². The highest BCUT2D eigenvalue weighted by molar-refractivity contribution is 7.91. The summed E-state index contributed by atoms with van der Waals surface area (Å²) in [5.74, 6) is 1.87. The van der Waals surface area contributed by atoms with Crippen molar-refractivity contribution in [1.82, 2.24) is 15.5 Å². The van der Waals surface area contributed by atoms with Gasteiger partial charge < -0.3 is 9.84 Å². The number of likely N-dealkylation sites (N-methyl/N-ethyl adjacent to an activating group) is 1. The Morgan fingerprint density at radius 2 is 2.12 bits per heavy atom. The molecule has 2 rings (SSSR count). The molecule has 1 aromatic heterocycles. The lowest BCUT2D eigenvalue weighted by atomic mass is 10.0. The third-order valence-corrected chi connectivity index (χ3v) is 4.71. The zero-order chi connectivity index (χ0) is 12.3. The molecule has 0 aromatic carbocycles. The summed E-state index contributed by atoms with van der Waals surface area (Å²) in [7, 11) is -0.963. The second-order valence-electron chi connectivity index (χ2n) is 4.33. The Balaban J connectivity index is 1.96. The van der Waals surface area contributed by atoms with Crippen molar-refractivity contribution >= 4 is 9.84 Å². The zero-order valence-corrected chi connectivity index (χ0v) is 10.7. The van der Waals surface area contributed by atoms with Crippen molar-refractivity contribution in [3.8, 4) is 0 Å². The molecule has 0 saturated carbocycles. The minimum absolute atomic E-state index is 0.130. The maximum Gasteiger partial charge on any atom is 0.227 e. The van der Waals surface area contributed by atoms with Gasteiger partial charge in [0.25, 0.3) is 0 Å². The molecule has 0 amide bonds. The maximum absolute atomic E-state index is 11.3. The first kappa shape index (κ1) is 12.5. The van der Waals surface area contributed by atoms with Gasteiger partial charge in [0.1, 0.15) is 9.84 Å². The monoisotopic (exact) mass is 259 g/mol. The van der Waals surface area contributed by atoms with E-state index < -0.39 is 9.84 Å². The van der Waals surface area contributed by atoms with E-state index in [1.807, 2.05) is 7.05 Å². The first-order chi connectivity index (χ1) is 8.11. The molecule has 2 heterocycles. The van der Waals surface area contributed by atoms with E-state index in [4.69, 9.17) is 4.52 Å². The number of nitrogens with zero attached hydrogens (tertiary/aromatic N) is 2. The molecule has 0 bridgehead atoms. The number of rotatable bonds is 4. The van der Waals surface area contributed by atoms with Crippen LogP contribution < -0.4 is 5.32 Å². The molecule has 1 aliphatic rings. The second kappa shape index (κ2) is 5.14. The molecule has 1 N–H and O–H groups in total. The SMILES string of the molecule is CNCCc1nc(C2CCS(=O)(=O)CC2)no1. The van der Waals surface area contributed by atoms with Crippen LogP contribution in [0.25, 0.3) is 0 Å². The van der Waals surface area contributed by atoms with Gasteiger partial charge in [0.15, 0.2) is 5.82 Å². The van der Waals surface area contributed by atoms with Gasteiger partial charge >= 0.3 is 0 Å². The van der Waals surface area contributed by atoms with Gasteiger partial charge in [-0.1, -0.05) is 5.16 Å². The molecule has 0 atom stereocenters. The molecule has 0 unspecified atom stereocenters. The van der Waals surface area contributed by atoms with E-state index >= 15 is 0 Å². The lowest BCUT2D eigenvalue weighted by molar-refractivity contribution is 0.366. The van der Waals surface area contributed by atoms with Gasteiger partial charge in [-0.3, -0.25) is 0 Å². The van der Waals surface area contributed by atoms with Gasteiger partial charge in [0.2, 0.25) is 5.89 Å². The molecule has 0 radical (unpaired) electrons. The molecule has 1 saturated heterocycles. The Kier molecular flexibility index (Phi) is 3.78. The summed E-state index contributed by atoms with van der Waals surface area (Å²) < 4.78 is 27.7. The Morgan fingerprint density at radius 3 is 2.76 bits per heavy atom. The molecule has 0 spiro atoms. The van der Waals surface area contributed by atoms with E-state index in [2.05, 4.69) is 15.5 Å². The minimum atomic E-state index is -2.83. The molecule has 7 heteroatoms. The van der Waals surface area contributed by atoms with Crippen LogP contribution in [0.5, 0.6) is 0 Å². The second-order valence-corrected chi connectivity index (χ2v) is 6.63. The molecule has 6 nitrogen and oxygen atoms in total. The molecule has 1 aromatic rings. The van der Waals surface area contributed by atoms with Gasteiger partial charge in [-0.25, -0.2) is 8.42 Å². The smallest absolute Gasteiger partial charge is 0.227 e. The maximum atomic E-state index is 11.3. The highest BCUT2D eigenvalue weighted by Crippen LogP contribution is 2.26. The van der Waals surface area contributed by atoms with E-state index in [-0.39, 0.29) is 17.4 Å². The Morgan fingerprint density at radius 1 is 1.41 bits per heavy atom.